The molecule has 2 rings (SSSR count). The standard InChI is InChI=1S/C9H4BrClFNOS/c10-6-2-1-5(3-7(6)12)14-9-13-8(11)4-15-9/h1-4H. The molecule has 0 N–H and O–H groups in total. The Morgan fingerprint density at radius 1 is 1.47 bits per heavy atom. The van der Waals surface area contributed by atoms with Gasteiger partial charge in [-0.2, -0.15) is 4.98 Å². The number of rotatable bonds is 2. The second-order valence-corrected chi connectivity index (χ2v) is 4.68. The third-order valence-corrected chi connectivity index (χ3v) is 3.23. The van der Waals surface area contributed by atoms with Gasteiger partial charge in [0.1, 0.15) is 16.7 Å². The van der Waals surface area contributed by atoms with Crippen molar-refractivity contribution in [3.63, 3.8) is 0 Å². The van der Waals surface area contributed by atoms with Crippen LogP contribution in [0.4, 0.5) is 4.39 Å². The minimum atomic E-state index is -0.379. The smallest absolute Gasteiger partial charge is 0.280 e. The number of ether oxygens (including phenoxy) is 1. The summed E-state index contributed by atoms with van der Waals surface area (Å²) in [4.78, 5) is 3.89. The summed E-state index contributed by atoms with van der Waals surface area (Å²) in [7, 11) is 0. The summed E-state index contributed by atoms with van der Waals surface area (Å²) < 4.78 is 18.8. The van der Waals surface area contributed by atoms with Crippen LogP contribution in [0, 0.1) is 5.82 Å². The Bertz CT molecular complexity index is 491. The SMILES string of the molecule is Fc1cc(Oc2nc(Cl)cs2)ccc1Br. The van der Waals surface area contributed by atoms with Gasteiger partial charge in [-0.25, -0.2) is 4.39 Å². The fraction of sp³-hybridized carbons (Fsp3) is 0. The summed E-state index contributed by atoms with van der Waals surface area (Å²) in [5.74, 6) is 0.0110. The molecule has 0 saturated carbocycles. The van der Waals surface area contributed by atoms with Gasteiger partial charge in [0, 0.05) is 11.4 Å². The molecule has 0 radical (unpaired) electrons. The molecule has 6 heteroatoms. The first-order chi connectivity index (χ1) is 7.15. The first-order valence-corrected chi connectivity index (χ1v) is 5.94. The summed E-state index contributed by atoms with van der Waals surface area (Å²) in [6.07, 6.45) is 0. The fourth-order valence-corrected chi connectivity index (χ4v) is 1.98. The Morgan fingerprint density at radius 2 is 2.27 bits per heavy atom. The molecule has 0 aliphatic heterocycles. The molecule has 0 aliphatic carbocycles. The molecule has 15 heavy (non-hydrogen) atoms. The van der Waals surface area contributed by atoms with E-state index in [9.17, 15) is 4.39 Å². The first kappa shape index (κ1) is 10.9. The quantitative estimate of drug-likeness (QED) is 0.815. The number of halogens is 3. The normalized spacial score (nSPS) is 10.3. The van der Waals surface area contributed by atoms with Crippen molar-refractivity contribution < 1.29 is 9.13 Å². The van der Waals surface area contributed by atoms with Gasteiger partial charge in [-0.3, -0.25) is 0 Å². The largest absolute Gasteiger partial charge is 0.431 e. The lowest BCUT2D eigenvalue weighted by Gasteiger charge is -2.01. The van der Waals surface area contributed by atoms with E-state index in [-0.39, 0.29) is 5.82 Å². The van der Waals surface area contributed by atoms with E-state index in [4.69, 9.17) is 16.3 Å². The number of hydrogen-bond acceptors (Lipinski definition) is 3. The van der Waals surface area contributed by atoms with Crippen LogP contribution in [0.15, 0.2) is 28.1 Å². The highest BCUT2D eigenvalue weighted by atomic mass is 79.9. The first-order valence-electron chi connectivity index (χ1n) is 3.89. The molecule has 0 bridgehead atoms. The Morgan fingerprint density at radius 3 is 2.87 bits per heavy atom. The number of benzene rings is 1. The van der Waals surface area contributed by atoms with E-state index in [1.165, 1.54) is 17.4 Å². The van der Waals surface area contributed by atoms with E-state index in [1.807, 2.05) is 0 Å². The monoisotopic (exact) mass is 307 g/mol. The fourth-order valence-electron chi connectivity index (χ4n) is 0.927. The molecule has 0 spiro atoms. The summed E-state index contributed by atoms with van der Waals surface area (Å²) in [6.45, 7) is 0. The van der Waals surface area contributed by atoms with Crippen LogP contribution in [0.3, 0.4) is 0 Å². The minimum Gasteiger partial charge on any atom is -0.431 e. The van der Waals surface area contributed by atoms with Crippen molar-refractivity contribution in [3.8, 4) is 10.9 Å². The van der Waals surface area contributed by atoms with Gasteiger partial charge in [0.2, 0.25) is 0 Å². The molecule has 0 fully saturated rings. The molecule has 0 saturated heterocycles. The van der Waals surface area contributed by atoms with Gasteiger partial charge in [0.25, 0.3) is 5.19 Å². The summed E-state index contributed by atoms with van der Waals surface area (Å²) in [5, 5.41) is 2.40. The van der Waals surface area contributed by atoms with E-state index in [0.29, 0.717) is 20.6 Å². The van der Waals surface area contributed by atoms with Crippen LogP contribution in [0.5, 0.6) is 10.9 Å². The van der Waals surface area contributed by atoms with Gasteiger partial charge in [-0.15, -0.1) is 0 Å². The topological polar surface area (TPSA) is 22.1 Å². The zero-order chi connectivity index (χ0) is 10.8. The average molecular weight is 309 g/mol. The van der Waals surface area contributed by atoms with Crippen LogP contribution in [-0.4, -0.2) is 4.98 Å². The molecular formula is C9H4BrClFNOS. The molecule has 0 atom stereocenters. The molecule has 78 valence electrons. The van der Waals surface area contributed by atoms with E-state index in [2.05, 4.69) is 20.9 Å². The molecule has 1 aromatic heterocycles. The summed E-state index contributed by atoms with van der Waals surface area (Å²) in [5.41, 5.74) is 0. The molecule has 0 amide bonds. The lowest BCUT2D eigenvalue weighted by Crippen LogP contribution is -1.85. The van der Waals surface area contributed by atoms with Gasteiger partial charge >= 0.3 is 0 Å². The van der Waals surface area contributed by atoms with Gasteiger partial charge < -0.3 is 4.74 Å². The van der Waals surface area contributed by atoms with Crippen LogP contribution in [0.1, 0.15) is 0 Å². The zero-order valence-electron chi connectivity index (χ0n) is 7.21. The van der Waals surface area contributed by atoms with Gasteiger partial charge in [-0.05, 0) is 28.1 Å². The van der Waals surface area contributed by atoms with E-state index in [0.717, 1.165) is 0 Å². The molecule has 2 nitrogen and oxygen atoms in total. The van der Waals surface area contributed by atoms with Gasteiger partial charge in [-0.1, -0.05) is 22.9 Å². The van der Waals surface area contributed by atoms with Crippen LogP contribution < -0.4 is 4.74 Å². The summed E-state index contributed by atoms with van der Waals surface area (Å²) in [6, 6.07) is 4.49. The van der Waals surface area contributed by atoms with Crippen LogP contribution in [0.25, 0.3) is 0 Å². The maximum absolute atomic E-state index is 13.1. The van der Waals surface area contributed by atoms with E-state index in [1.54, 1.807) is 17.5 Å². The van der Waals surface area contributed by atoms with Crippen molar-refractivity contribution in [3.05, 3.63) is 39.0 Å². The molecular weight excluding hydrogens is 305 g/mol. The van der Waals surface area contributed by atoms with Crippen LogP contribution in [-0.2, 0) is 0 Å². The third-order valence-electron chi connectivity index (χ3n) is 1.55. The minimum absolute atomic E-state index is 0.368. The third kappa shape index (κ3) is 2.68. The zero-order valence-corrected chi connectivity index (χ0v) is 10.4. The Hall–Kier alpha value is -0.650. The second kappa shape index (κ2) is 4.47. The number of aromatic nitrogens is 1. The maximum atomic E-state index is 13.1. The highest BCUT2D eigenvalue weighted by Gasteiger charge is 2.05. The number of thiazole rings is 1. The highest BCUT2D eigenvalue weighted by Crippen LogP contribution is 2.28. The van der Waals surface area contributed by atoms with Crippen LogP contribution in [0.2, 0.25) is 5.15 Å². The average Bonchev–Trinajstić information content (AvgIpc) is 2.58. The lowest BCUT2D eigenvalue weighted by molar-refractivity contribution is 0.472. The Labute approximate surface area is 103 Å². The molecule has 0 unspecified atom stereocenters. The molecule has 0 aliphatic rings. The molecule has 1 aromatic carbocycles. The van der Waals surface area contributed by atoms with Crippen molar-refractivity contribution in [2.45, 2.75) is 0 Å². The van der Waals surface area contributed by atoms with E-state index < -0.39 is 0 Å². The predicted octanol–water partition coefficient (Wildman–Crippen LogP) is 4.49. The van der Waals surface area contributed by atoms with Crippen LogP contribution >= 0.6 is 38.9 Å². The molecule has 2 aromatic rings. The predicted molar refractivity (Wildman–Crippen MR) is 61.3 cm³/mol. The molecule has 1 heterocycles. The summed E-state index contributed by atoms with van der Waals surface area (Å²) >= 11 is 9.93. The van der Waals surface area contributed by atoms with Crippen molar-refractivity contribution in [1.29, 1.82) is 0 Å². The lowest BCUT2D eigenvalue weighted by atomic mass is 10.3. The van der Waals surface area contributed by atoms with Crippen molar-refractivity contribution in [1.82, 2.24) is 4.98 Å². The highest BCUT2D eigenvalue weighted by molar-refractivity contribution is 9.10. The van der Waals surface area contributed by atoms with Gasteiger partial charge in [0.15, 0.2) is 0 Å². The van der Waals surface area contributed by atoms with Gasteiger partial charge in [0.05, 0.1) is 4.47 Å². The van der Waals surface area contributed by atoms with Crippen molar-refractivity contribution in [2.75, 3.05) is 0 Å². The van der Waals surface area contributed by atoms with E-state index >= 15 is 0 Å². The van der Waals surface area contributed by atoms with Crippen molar-refractivity contribution in [2.24, 2.45) is 0 Å². The Kier molecular flexibility index (Phi) is 3.23. The maximum Gasteiger partial charge on any atom is 0.280 e. The number of nitrogens with zero attached hydrogens (tertiary/aromatic N) is 1. The van der Waals surface area contributed by atoms with Crippen molar-refractivity contribution >= 4 is 38.9 Å². The second-order valence-electron chi connectivity index (χ2n) is 2.61. The Balaban J connectivity index is 2.21. The number of hydrogen-bond donors (Lipinski definition) is 0.